The van der Waals surface area contributed by atoms with Gasteiger partial charge in [0.05, 0.1) is 18.5 Å². The van der Waals surface area contributed by atoms with Crippen LogP contribution >= 0.6 is 15.9 Å². The van der Waals surface area contributed by atoms with Crippen LogP contribution in [0.3, 0.4) is 0 Å². The number of amides is 1. The molecule has 0 radical (unpaired) electrons. The van der Waals surface area contributed by atoms with Crippen molar-refractivity contribution < 1.29 is 9.53 Å². The lowest BCUT2D eigenvalue weighted by molar-refractivity contribution is 0.0769. The molecule has 0 N–H and O–H groups in total. The second-order valence-electron chi connectivity index (χ2n) is 6.17. The average Bonchev–Trinajstić information content (AvgIpc) is 2.68. The van der Waals surface area contributed by atoms with Gasteiger partial charge < -0.3 is 14.5 Å². The minimum absolute atomic E-state index is 0.180. The van der Waals surface area contributed by atoms with Crippen LogP contribution < -0.4 is 4.90 Å². The predicted molar refractivity (Wildman–Crippen MR) is 104 cm³/mol. The van der Waals surface area contributed by atoms with Crippen molar-refractivity contribution >= 4 is 27.7 Å². The van der Waals surface area contributed by atoms with Crippen molar-refractivity contribution in [3.63, 3.8) is 0 Å². The van der Waals surface area contributed by atoms with Crippen molar-refractivity contribution in [3.8, 4) is 6.07 Å². The van der Waals surface area contributed by atoms with E-state index in [1.165, 1.54) is 0 Å². The number of carbonyl (C=O) groups is 1. The summed E-state index contributed by atoms with van der Waals surface area (Å²) in [5, 5.41) is 9.17. The normalized spacial score (nSPS) is 16.8. The van der Waals surface area contributed by atoms with E-state index in [-0.39, 0.29) is 25.2 Å². The second kappa shape index (κ2) is 8.72. The van der Waals surface area contributed by atoms with Crippen LogP contribution in [-0.4, -0.2) is 36.7 Å². The van der Waals surface area contributed by atoms with Gasteiger partial charge in [-0.25, -0.2) is 4.79 Å². The molecule has 0 unspecified atom stereocenters. The molecule has 134 valence electrons. The monoisotopic (exact) mass is 413 g/mol. The third-order valence-corrected chi connectivity index (χ3v) is 4.97. The van der Waals surface area contributed by atoms with Crippen LogP contribution in [0.25, 0.3) is 0 Å². The number of benzene rings is 2. The quantitative estimate of drug-likeness (QED) is 0.753. The molecule has 1 aliphatic rings. The molecular formula is C20H20BrN3O2. The molecule has 2 aromatic carbocycles. The molecule has 5 nitrogen and oxygen atoms in total. The summed E-state index contributed by atoms with van der Waals surface area (Å²) in [5.41, 5.74) is 2.04. The molecule has 2 aromatic rings. The van der Waals surface area contributed by atoms with Crippen molar-refractivity contribution in [3.05, 3.63) is 64.6 Å². The first kappa shape index (κ1) is 18.3. The number of ether oxygens (including phenoxy) is 1. The first-order chi connectivity index (χ1) is 12.7. The lowest BCUT2D eigenvalue weighted by atomic mass is 10.1. The third-order valence-electron chi connectivity index (χ3n) is 4.44. The third kappa shape index (κ3) is 4.55. The highest BCUT2D eigenvalue weighted by Crippen LogP contribution is 2.23. The molecule has 1 amide bonds. The molecule has 0 aromatic heterocycles. The fourth-order valence-electron chi connectivity index (χ4n) is 3.06. The van der Waals surface area contributed by atoms with E-state index < -0.39 is 0 Å². The highest BCUT2D eigenvalue weighted by atomic mass is 79.9. The van der Waals surface area contributed by atoms with E-state index >= 15 is 0 Å². The van der Waals surface area contributed by atoms with Crippen molar-refractivity contribution in [2.75, 3.05) is 24.5 Å². The SMILES string of the molecule is N#CC[C@H]1CN(c2ccc(Br)cc2)CCN1C(=O)OCc1ccccc1. The summed E-state index contributed by atoms with van der Waals surface area (Å²) >= 11 is 3.44. The summed E-state index contributed by atoms with van der Waals surface area (Å²) in [6, 6.07) is 19.7. The molecule has 0 aliphatic carbocycles. The number of nitrogens with zero attached hydrogens (tertiary/aromatic N) is 3. The minimum atomic E-state index is -0.357. The summed E-state index contributed by atoms with van der Waals surface area (Å²) in [7, 11) is 0. The van der Waals surface area contributed by atoms with Gasteiger partial charge in [0, 0.05) is 29.8 Å². The Bertz CT molecular complexity index is 774. The van der Waals surface area contributed by atoms with Crippen LogP contribution in [0.4, 0.5) is 10.5 Å². The van der Waals surface area contributed by atoms with Crippen LogP contribution in [0.5, 0.6) is 0 Å². The predicted octanol–water partition coefficient (Wildman–Crippen LogP) is 4.19. The second-order valence-corrected chi connectivity index (χ2v) is 7.09. The summed E-state index contributed by atoms with van der Waals surface area (Å²) in [6.07, 6.45) is -0.0717. The maximum absolute atomic E-state index is 12.5. The zero-order valence-electron chi connectivity index (χ0n) is 14.3. The Morgan fingerprint density at radius 3 is 2.58 bits per heavy atom. The molecule has 26 heavy (non-hydrogen) atoms. The van der Waals surface area contributed by atoms with E-state index in [0.29, 0.717) is 19.6 Å². The number of piperazine rings is 1. The maximum atomic E-state index is 12.5. The Labute approximate surface area is 161 Å². The molecule has 1 atom stereocenters. The largest absolute Gasteiger partial charge is 0.445 e. The lowest BCUT2D eigenvalue weighted by Gasteiger charge is -2.41. The number of halogens is 1. The Morgan fingerprint density at radius 1 is 1.15 bits per heavy atom. The zero-order chi connectivity index (χ0) is 18.4. The number of hydrogen-bond donors (Lipinski definition) is 0. The van der Waals surface area contributed by atoms with Gasteiger partial charge in [0.1, 0.15) is 6.61 Å². The van der Waals surface area contributed by atoms with Crippen LogP contribution in [-0.2, 0) is 11.3 Å². The number of anilines is 1. The van der Waals surface area contributed by atoms with E-state index in [1.807, 2.05) is 54.6 Å². The summed E-state index contributed by atoms with van der Waals surface area (Å²) < 4.78 is 6.48. The van der Waals surface area contributed by atoms with Crippen molar-refractivity contribution in [2.45, 2.75) is 19.1 Å². The van der Waals surface area contributed by atoms with Gasteiger partial charge in [-0.05, 0) is 29.8 Å². The number of hydrogen-bond acceptors (Lipinski definition) is 4. The van der Waals surface area contributed by atoms with E-state index in [0.717, 1.165) is 15.7 Å². The molecule has 1 heterocycles. The minimum Gasteiger partial charge on any atom is -0.445 e. The van der Waals surface area contributed by atoms with Gasteiger partial charge in [-0.1, -0.05) is 46.3 Å². The van der Waals surface area contributed by atoms with Gasteiger partial charge in [0.2, 0.25) is 0 Å². The Hall–Kier alpha value is -2.52. The standard InChI is InChI=1S/C20H20BrN3O2/c21-17-6-8-18(9-7-17)23-12-13-24(19(14-23)10-11-22)20(25)26-15-16-4-2-1-3-5-16/h1-9,19H,10,12-15H2/t19-/m0/s1. The van der Waals surface area contributed by atoms with Crippen molar-refractivity contribution in [1.82, 2.24) is 4.90 Å². The number of nitriles is 1. The van der Waals surface area contributed by atoms with E-state index in [2.05, 4.69) is 26.9 Å². The maximum Gasteiger partial charge on any atom is 0.410 e. The average molecular weight is 414 g/mol. The Morgan fingerprint density at radius 2 is 1.88 bits per heavy atom. The lowest BCUT2D eigenvalue weighted by Crippen LogP contribution is -2.55. The zero-order valence-corrected chi connectivity index (χ0v) is 15.9. The molecular weight excluding hydrogens is 394 g/mol. The Kier molecular flexibility index (Phi) is 6.13. The topological polar surface area (TPSA) is 56.6 Å². The number of carbonyl (C=O) groups excluding carboxylic acids is 1. The fraction of sp³-hybridized carbons (Fsp3) is 0.300. The summed E-state index contributed by atoms with van der Waals surface area (Å²) in [4.78, 5) is 16.4. The van der Waals surface area contributed by atoms with E-state index in [1.54, 1.807) is 4.90 Å². The molecule has 0 saturated carbocycles. The van der Waals surface area contributed by atoms with Gasteiger partial charge in [-0.2, -0.15) is 5.26 Å². The smallest absolute Gasteiger partial charge is 0.410 e. The molecule has 0 bridgehead atoms. The van der Waals surface area contributed by atoms with Crippen LogP contribution in [0, 0.1) is 11.3 Å². The molecule has 1 fully saturated rings. The van der Waals surface area contributed by atoms with Gasteiger partial charge in [-0.3, -0.25) is 0 Å². The first-order valence-electron chi connectivity index (χ1n) is 8.52. The molecule has 1 aliphatic heterocycles. The first-order valence-corrected chi connectivity index (χ1v) is 9.31. The van der Waals surface area contributed by atoms with Crippen molar-refractivity contribution in [1.29, 1.82) is 5.26 Å². The highest BCUT2D eigenvalue weighted by molar-refractivity contribution is 9.10. The summed E-state index contributed by atoms with van der Waals surface area (Å²) in [6.45, 7) is 2.11. The van der Waals surface area contributed by atoms with Crippen LogP contribution in [0.2, 0.25) is 0 Å². The number of rotatable bonds is 4. The molecule has 6 heteroatoms. The molecule has 0 spiro atoms. The van der Waals surface area contributed by atoms with Crippen molar-refractivity contribution in [2.24, 2.45) is 0 Å². The van der Waals surface area contributed by atoms with Crippen LogP contribution in [0.1, 0.15) is 12.0 Å². The molecule has 1 saturated heterocycles. The fourth-order valence-corrected chi connectivity index (χ4v) is 3.33. The van der Waals surface area contributed by atoms with Gasteiger partial charge >= 0.3 is 6.09 Å². The van der Waals surface area contributed by atoms with Gasteiger partial charge in [0.25, 0.3) is 0 Å². The molecule has 3 rings (SSSR count). The van der Waals surface area contributed by atoms with Gasteiger partial charge in [0.15, 0.2) is 0 Å². The van der Waals surface area contributed by atoms with E-state index in [4.69, 9.17) is 10.00 Å². The van der Waals surface area contributed by atoms with E-state index in [9.17, 15) is 4.79 Å². The Balaban J connectivity index is 1.63. The highest BCUT2D eigenvalue weighted by Gasteiger charge is 2.31. The van der Waals surface area contributed by atoms with Gasteiger partial charge in [-0.15, -0.1) is 0 Å². The summed E-state index contributed by atoms with van der Waals surface area (Å²) in [5.74, 6) is 0. The van der Waals surface area contributed by atoms with Crippen LogP contribution in [0.15, 0.2) is 59.1 Å².